The second kappa shape index (κ2) is 4.15. The van der Waals surface area contributed by atoms with Gasteiger partial charge in [-0.2, -0.15) is 0 Å². The molecule has 1 aliphatic carbocycles. The third kappa shape index (κ3) is 1.53. The topological polar surface area (TPSA) is 4.93 Å². The van der Waals surface area contributed by atoms with Crippen molar-refractivity contribution in [3.05, 3.63) is 27.4 Å². The van der Waals surface area contributed by atoms with Crippen molar-refractivity contribution < 1.29 is 0 Å². The van der Waals surface area contributed by atoms with Crippen LogP contribution in [0.15, 0.2) is 5.57 Å². The van der Waals surface area contributed by atoms with Crippen LogP contribution in [0.4, 0.5) is 0 Å². The average molecular weight is 243 g/mol. The summed E-state index contributed by atoms with van der Waals surface area (Å²) in [6, 6.07) is 0. The first-order valence-electron chi connectivity index (χ1n) is 6.80. The average Bonchev–Trinajstić information content (AvgIpc) is 2.66. The Morgan fingerprint density at radius 3 is 2.00 bits per heavy atom. The first-order chi connectivity index (χ1) is 8.29. The van der Waals surface area contributed by atoms with E-state index in [0.717, 1.165) is 0 Å². The number of hydrogen-bond acceptors (Lipinski definition) is 0. The van der Waals surface area contributed by atoms with E-state index in [1.807, 2.05) is 0 Å². The summed E-state index contributed by atoms with van der Waals surface area (Å²) < 4.78 is 2.36. The molecule has 0 amide bonds. The minimum absolute atomic E-state index is 0.568. The van der Waals surface area contributed by atoms with Crippen LogP contribution in [0, 0.1) is 12.8 Å². The Kier molecular flexibility index (Phi) is 3.04. The second-order valence-electron chi connectivity index (χ2n) is 6.06. The zero-order valence-electron chi connectivity index (χ0n) is 13.0. The maximum Gasteiger partial charge on any atom is 0.0472 e. The lowest BCUT2D eigenvalue weighted by molar-refractivity contribution is 0.834. The standard InChI is InChI=1S/C17H25N/c1-9(2)14-11(5)12(6)15-16(14)13(7)18(8)17(15)10(3)4/h11H,1-8H3. The molecule has 98 valence electrons. The normalized spacial score (nSPS) is 18.3. The third-order valence-electron chi connectivity index (χ3n) is 4.45. The molecule has 0 N–H and O–H groups in total. The SMILES string of the molecule is CC(C)=C1c2c(C)n(C)c(=C(C)C)c2=C(C)C1C. The van der Waals surface area contributed by atoms with E-state index in [4.69, 9.17) is 0 Å². The molecular weight excluding hydrogens is 218 g/mol. The van der Waals surface area contributed by atoms with Gasteiger partial charge in [0.15, 0.2) is 0 Å². The zero-order chi connectivity index (χ0) is 13.8. The number of aromatic nitrogens is 1. The van der Waals surface area contributed by atoms with Gasteiger partial charge in [0.1, 0.15) is 0 Å². The Morgan fingerprint density at radius 1 is 1.00 bits per heavy atom. The first-order valence-corrected chi connectivity index (χ1v) is 6.80. The minimum Gasteiger partial charge on any atom is -0.347 e. The van der Waals surface area contributed by atoms with Crippen LogP contribution in [-0.2, 0) is 7.05 Å². The van der Waals surface area contributed by atoms with E-state index in [-0.39, 0.29) is 0 Å². The Labute approximate surface area is 111 Å². The van der Waals surface area contributed by atoms with Crippen molar-refractivity contribution in [2.75, 3.05) is 0 Å². The van der Waals surface area contributed by atoms with Gasteiger partial charge in [0, 0.05) is 34.8 Å². The van der Waals surface area contributed by atoms with E-state index >= 15 is 0 Å². The fraction of sp³-hybridized carbons (Fsp3) is 0.529. The van der Waals surface area contributed by atoms with E-state index in [0.29, 0.717) is 5.92 Å². The van der Waals surface area contributed by atoms with Crippen LogP contribution < -0.4 is 10.6 Å². The molecule has 0 aliphatic heterocycles. The van der Waals surface area contributed by atoms with Crippen molar-refractivity contribution in [3.63, 3.8) is 0 Å². The van der Waals surface area contributed by atoms with Crippen molar-refractivity contribution in [3.8, 4) is 0 Å². The Balaban J connectivity index is 3.11. The largest absolute Gasteiger partial charge is 0.347 e. The highest BCUT2D eigenvalue weighted by Gasteiger charge is 2.28. The van der Waals surface area contributed by atoms with E-state index in [1.54, 1.807) is 5.57 Å². The van der Waals surface area contributed by atoms with Gasteiger partial charge in [-0.3, -0.25) is 0 Å². The van der Waals surface area contributed by atoms with Gasteiger partial charge >= 0.3 is 0 Å². The lowest BCUT2D eigenvalue weighted by atomic mass is 9.93. The van der Waals surface area contributed by atoms with Crippen LogP contribution in [0.5, 0.6) is 0 Å². The quantitative estimate of drug-likeness (QED) is 0.660. The molecule has 1 aromatic rings. The molecule has 0 saturated carbocycles. The van der Waals surface area contributed by atoms with Gasteiger partial charge in [-0.1, -0.05) is 23.6 Å². The van der Waals surface area contributed by atoms with Gasteiger partial charge in [-0.15, -0.1) is 0 Å². The molecular formula is C17H25N. The minimum atomic E-state index is 0.568. The molecule has 1 nitrogen and oxygen atoms in total. The summed E-state index contributed by atoms with van der Waals surface area (Å²) in [7, 11) is 2.19. The molecule has 2 rings (SSSR count). The summed E-state index contributed by atoms with van der Waals surface area (Å²) in [6.45, 7) is 15.8. The van der Waals surface area contributed by atoms with Crippen molar-refractivity contribution in [1.82, 2.24) is 4.57 Å². The predicted molar refractivity (Wildman–Crippen MR) is 80.7 cm³/mol. The van der Waals surface area contributed by atoms with E-state index in [2.05, 4.69) is 60.1 Å². The molecule has 0 saturated heterocycles. The van der Waals surface area contributed by atoms with Crippen molar-refractivity contribution in [2.24, 2.45) is 13.0 Å². The zero-order valence-corrected chi connectivity index (χ0v) is 13.0. The highest BCUT2D eigenvalue weighted by Crippen LogP contribution is 2.36. The van der Waals surface area contributed by atoms with Gasteiger partial charge in [0.25, 0.3) is 0 Å². The van der Waals surface area contributed by atoms with Crippen LogP contribution in [-0.4, -0.2) is 4.57 Å². The number of hydrogen-bond donors (Lipinski definition) is 0. The summed E-state index contributed by atoms with van der Waals surface area (Å²) in [5, 5.41) is 2.92. The fourth-order valence-electron chi connectivity index (χ4n) is 3.43. The highest BCUT2D eigenvalue weighted by atomic mass is 14.9. The van der Waals surface area contributed by atoms with Crippen LogP contribution >= 0.6 is 0 Å². The molecule has 1 heteroatoms. The molecule has 0 bridgehead atoms. The summed E-state index contributed by atoms with van der Waals surface area (Å²) in [6.07, 6.45) is 0. The van der Waals surface area contributed by atoms with Gasteiger partial charge in [-0.25, -0.2) is 0 Å². The predicted octanol–water partition coefficient (Wildman–Crippen LogP) is 3.14. The molecule has 1 unspecified atom stereocenters. The number of nitrogens with zero attached hydrogens (tertiary/aromatic N) is 1. The summed E-state index contributed by atoms with van der Waals surface area (Å²) >= 11 is 0. The molecule has 1 atom stereocenters. The number of allylic oxidation sites excluding steroid dienone is 2. The maximum absolute atomic E-state index is 2.36. The molecule has 18 heavy (non-hydrogen) atoms. The van der Waals surface area contributed by atoms with Crippen LogP contribution in [0.25, 0.3) is 16.7 Å². The molecule has 0 spiro atoms. The molecule has 1 aliphatic rings. The molecule has 0 fully saturated rings. The smallest absolute Gasteiger partial charge is 0.0472 e. The van der Waals surface area contributed by atoms with Crippen LogP contribution in [0.2, 0.25) is 0 Å². The Morgan fingerprint density at radius 2 is 1.56 bits per heavy atom. The van der Waals surface area contributed by atoms with Crippen molar-refractivity contribution >= 4 is 16.7 Å². The lowest BCUT2D eigenvalue weighted by Crippen LogP contribution is -2.31. The summed E-state index contributed by atoms with van der Waals surface area (Å²) in [4.78, 5) is 0. The molecule has 0 aromatic carbocycles. The monoisotopic (exact) mass is 243 g/mol. The first kappa shape index (κ1) is 13.2. The Hall–Kier alpha value is -1.24. The van der Waals surface area contributed by atoms with E-state index < -0.39 is 0 Å². The number of rotatable bonds is 0. The number of fused-ring (bicyclic) bond motifs is 1. The van der Waals surface area contributed by atoms with Crippen LogP contribution in [0.3, 0.4) is 0 Å². The molecule has 1 aromatic heterocycles. The van der Waals surface area contributed by atoms with Crippen molar-refractivity contribution in [1.29, 1.82) is 0 Å². The van der Waals surface area contributed by atoms with Gasteiger partial charge in [-0.05, 0) is 47.1 Å². The Bertz CT molecular complexity index is 657. The molecule has 0 radical (unpaired) electrons. The molecule has 1 heterocycles. The maximum atomic E-state index is 2.36. The summed E-state index contributed by atoms with van der Waals surface area (Å²) in [5.41, 5.74) is 8.84. The summed E-state index contributed by atoms with van der Waals surface area (Å²) in [5.74, 6) is 0.568. The van der Waals surface area contributed by atoms with E-state index in [1.165, 1.54) is 38.5 Å². The highest BCUT2D eigenvalue weighted by molar-refractivity contribution is 5.85. The van der Waals surface area contributed by atoms with Gasteiger partial charge in [0.2, 0.25) is 0 Å². The van der Waals surface area contributed by atoms with Gasteiger partial charge < -0.3 is 4.57 Å². The fourth-order valence-corrected chi connectivity index (χ4v) is 3.43. The van der Waals surface area contributed by atoms with E-state index in [9.17, 15) is 0 Å². The van der Waals surface area contributed by atoms with Crippen molar-refractivity contribution in [2.45, 2.75) is 48.5 Å². The lowest BCUT2D eigenvalue weighted by Gasteiger charge is -2.14. The second-order valence-corrected chi connectivity index (χ2v) is 6.06. The third-order valence-corrected chi connectivity index (χ3v) is 4.45. The van der Waals surface area contributed by atoms with Crippen LogP contribution in [0.1, 0.15) is 52.8 Å². The van der Waals surface area contributed by atoms with Gasteiger partial charge in [0.05, 0.1) is 0 Å².